The van der Waals surface area contributed by atoms with Gasteiger partial charge in [0.05, 0.1) is 19.8 Å². The van der Waals surface area contributed by atoms with E-state index >= 15 is 0 Å². The molecule has 10 heteroatoms. The van der Waals surface area contributed by atoms with E-state index in [1.165, 1.54) is 12.1 Å². The lowest BCUT2D eigenvalue weighted by Crippen LogP contribution is -2.40. The Hall–Kier alpha value is -1.27. The number of halogens is 4. The SMILES string of the molecule is CCNC(=NCCN1CCOCC1)NCCc1ccc(OC(F)(F)F)cc1.I. The summed E-state index contributed by atoms with van der Waals surface area (Å²) in [6.07, 6.45) is -4.00. The maximum Gasteiger partial charge on any atom is 0.573 e. The summed E-state index contributed by atoms with van der Waals surface area (Å²) in [4.78, 5) is 6.88. The maximum absolute atomic E-state index is 12.2. The van der Waals surface area contributed by atoms with E-state index in [1.807, 2.05) is 6.92 Å². The molecule has 28 heavy (non-hydrogen) atoms. The van der Waals surface area contributed by atoms with Gasteiger partial charge in [-0.15, -0.1) is 37.1 Å². The Morgan fingerprint density at radius 2 is 1.86 bits per heavy atom. The maximum atomic E-state index is 12.2. The second-order valence-corrected chi connectivity index (χ2v) is 6.08. The molecule has 1 aliphatic heterocycles. The summed E-state index contributed by atoms with van der Waals surface area (Å²) in [7, 11) is 0. The normalized spacial score (nSPS) is 15.6. The summed E-state index contributed by atoms with van der Waals surface area (Å²) in [5.41, 5.74) is 0.918. The molecule has 0 saturated carbocycles. The van der Waals surface area contributed by atoms with E-state index in [-0.39, 0.29) is 29.7 Å². The first kappa shape index (κ1) is 24.8. The van der Waals surface area contributed by atoms with E-state index in [9.17, 15) is 13.2 Å². The third-order valence-electron chi connectivity index (χ3n) is 4.00. The van der Waals surface area contributed by atoms with Crippen LogP contribution in [0.2, 0.25) is 0 Å². The number of nitrogens with zero attached hydrogens (tertiary/aromatic N) is 2. The Morgan fingerprint density at radius 3 is 2.46 bits per heavy atom. The highest BCUT2D eigenvalue weighted by molar-refractivity contribution is 14.0. The van der Waals surface area contributed by atoms with E-state index in [0.717, 1.165) is 50.9 Å². The second kappa shape index (κ2) is 13.0. The molecular weight excluding hydrogens is 488 g/mol. The number of hydrogen-bond acceptors (Lipinski definition) is 4. The lowest BCUT2D eigenvalue weighted by Gasteiger charge is -2.25. The molecule has 1 aliphatic rings. The molecule has 0 spiro atoms. The number of guanidine groups is 1. The van der Waals surface area contributed by atoms with Gasteiger partial charge in [0.2, 0.25) is 0 Å². The first-order valence-corrected chi connectivity index (χ1v) is 9.13. The van der Waals surface area contributed by atoms with Crippen molar-refractivity contribution in [2.24, 2.45) is 4.99 Å². The lowest BCUT2D eigenvalue weighted by molar-refractivity contribution is -0.274. The number of aliphatic imine (C=N–C) groups is 1. The molecule has 0 aliphatic carbocycles. The van der Waals surface area contributed by atoms with Gasteiger partial charge in [0.1, 0.15) is 5.75 Å². The lowest BCUT2D eigenvalue weighted by atomic mass is 10.1. The van der Waals surface area contributed by atoms with Gasteiger partial charge in [0.25, 0.3) is 0 Å². The van der Waals surface area contributed by atoms with E-state index in [2.05, 4.69) is 25.3 Å². The van der Waals surface area contributed by atoms with Crippen LogP contribution in [0.4, 0.5) is 13.2 Å². The van der Waals surface area contributed by atoms with Crippen LogP contribution < -0.4 is 15.4 Å². The largest absolute Gasteiger partial charge is 0.573 e. The van der Waals surface area contributed by atoms with Crippen molar-refractivity contribution < 1.29 is 22.6 Å². The first-order valence-electron chi connectivity index (χ1n) is 9.13. The van der Waals surface area contributed by atoms with Crippen molar-refractivity contribution in [2.45, 2.75) is 19.7 Å². The summed E-state index contributed by atoms with van der Waals surface area (Å²) in [5.74, 6) is 0.528. The van der Waals surface area contributed by atoms with Crippen LogP contribution in [-0.2, 0) is 11.2 Å². The van der Waals surface area contributed by atoms with E-state index in [1.54, 1.807) is 12.1 Å². The fraction of sp³-hybridized carbons (Fsp3) is 0.611. The van der Waals surface area contributed by atoms with Gasteiger partial charge in [-0.25, -0.2) is 0 Å². The van der Waals surface area contributed by atoms with Crippen LogP contribution in [0.15, 0.2) is 29.3 Å². The van der Waals surface area contributed by atoms with Gasteiger partial charge in [-0.2, -0.15) is 0 Å². The first-order chi connectivity index (χ1) is 13.0. The predicted octanol–water partition coefficient (Wildman–Crippen LogP) is 2.63. The molecule has 1 aromatic carbocycles. The summed E-state index contributed by atoms with van der Waals surface area (Å²) in [6.45, 7) is 8.39. The minimum atomic E-state index is -4.67. The van der Waals surface area contributed by atoms with Crippen molar-refractivity contribution in [1.82, 2.24) is 15.5 Å². The Bertz CT molecular complexity index is 579. The van der Waals surface area contributed by atoms with Gasteiger partial charge in [-0.3, -0.25) is 9.89 Å². The molecule has 2 rings (SSSR count). The third-order valence-corrected chi connectivity index (χ3v) is 4.00. The predicted molar refractivity (Wildman–Crippen MR) is 113 cm³/mol. The molecule has 6 nitrogen and oxygen atoms in total. The minimum Gasteiger partial charge on any atom is -0.406 e. The van der Waals surface area contributed by atoms with E-state index in [0.29, 0.717) is 19.5 Å². The van der Waals surface area contributed by atoms with Crippen molar-refractivity contribution in [3.05, 3.63) is 29.8 Å². The van der Waals surface area contributed by atoms with Crippen molar-refractivity contribution in [1.29, 1.82) is 0 Å². The number of alkyl halides is 3. The smallest absolute Gasteiger partial charge is 0.406 e. The molecule has 0 bridgehead atoms. The summed E-state index contributed by atoms with van der Waals surface area (Å²) in [6, 6.07) is 5.91. The van der Waals surface area contributed by atoms with Gasteiger partial charge in [-0.1, -0.05) is 12.1 Å². The molecule has 0 atom stereocenters. The fourth-order valence-electron chi connectivity index (χ4n) is 2.65. The van der Waals surface area contributed by atoms with Gasteiger partial charge in [0, 0.05) is 32.7 Å². The molecule has 1 aromatic rings. The molecule has 0 amide bonds. The van der Waals surface area contributed by atoms with Crippen LogP contribution in [0, 0.1) is 0 Å². The van der Waals surface area contributed by atoms with E-state index in [4.69, 9.17) is 4.74 Å². The Labute approximate surface area is 180 Å². The number of ether oxygens (including phenoxy) is 2. The van der Waals surface area contributed by atoms with Crippen LogP contribution in [0.1, 0.15) is 12.5 Å². The Morgan fingerprint density at radius 1 is 1.18 bits per heavy atom. The average molecular weight is 516 g/mol. The summed E-state index contributed by atoms with van der Waals surface area (Å²) >= 11 is 0. The zero-order valence-electron chi connectivity index (χ0n) is 15.9. The Kier molecular flexibility index (Phi) is 11.5. The number of rotatable bonds is 8. The third kappa shape index (κ3) is 10.3. The van der Waals surface area contributed by atoms with Gasteiger partial charge in [-0.05, 0) is 31.0 Å². The second-order valence-electron chi connectivity index (χ2n) is 6.08. The van der Waals surface area contributed by atoms with Crippen LogP contribution in [0.25, 0.3) is 0 Å². The molecule has 0 aromatic heterocycles. The zero-order chi connectivity index (χ0) is 19.5. The molecule has 0 unspecified atom stereocenters. The van der Waals surface area contributed by atoms with Crippen molar-refractivity contribution in [2.75, 3.05) is 52.5 Å². The highest BCUT2D eigenvalue weighted by Crippen LogP contribution is 2.22. The van der Waals surface area contributed by atoms with Crippen LogP contribution in [0.3, 0.4) is 0 Å². The minimum absolute atomic E-state index is 0. The molecular formula is C18H28F3IN4O2. The summed E-state index contributed by atoms with van der Waals surface area (Å²) < 4.78 is 45.7. The van der Waals surface area contributed by atoms with Crippen LogP contribution >= 0.6 is 24.0 Å². The van der Waals surface area contributed by atoms with Gasteiger partial charge < -0.3 is 20.1 Å². The van der Waals surface area contributed by atoms with Crippen LogP contribution in [-0.4, -0.2) is 69.7 Å². The number of benzene rings is 1. The molecule has 1 heterocycles. The molecule has 1 saturated heterocycles. The molecule has 160 valence electrons. The topological polar surface area (TPSA) is 58.1 Å². The standard InChI is InChI=1S/C18H27F3N4O2.HI/c1-2-22-17(24-9-10-25-11-13-26-14-12-25)23-8-7-15-3-5-16(6-4-15)27-18(19,20)21;/h3-6H,2,7-14H2,1H3,(H2,22,23,24);1H. The van der Waals surface area contributed by atoms with Crippen molar-refractivity contribution in [3.8, 4) is 5.75 Å². The fourth-order valence-corrected chi connectivity index (χ4v) is 2.65. The average Bonchev–Trinajstić information content (AvgIpc) is 2.63. The number of nitrogens with one attached hydrogen (secondary N) is 2. The summed E-state index contributed by atoms with van der Waals surface area (Å²) in [5, 5.41) is 6.44. The number of morpholine rings is 1. The van der Waals surface area contributed by atoms with Crippen molar-refractivity contribution >= 4 is 29.9 Å². The van der Waals surface area contributed by atoms with Gasteiger partial charge >= 0.3 is 6.36 Å². The van der Waals surface area contributed by atoms with Crippen LogP contribution in [0.5, 0.6) is 5.75 Å². The Balaban J connectivity index is 0.00000392. The van der Waals surface area contributed by atoms with E-state index < -0.39 is 6.36 Å². The number of hydrogen-bond donors (Lipinski definition) is 2. The van der Waals surface area contributed by atoms with Crippen molar-refractivity contribution in [3.63, 3.8) is 0 Å². The highest BCUT2D eigenvalue weighted by atomic mass is 127. The zero-order valence-corrected chi connectivity index (χ0v) is 18.3. The molecule has 1 fully saturated rings. The monoisotopic (exact) mass is 516 g/mol. The highest BCUT2D eigenvalue weighted by Gasteiger charge is 2.30. The molecule has 0 radical (unpaired) electrons. The molecule has 2 N–H and O–H groups in total. The quantitative estimate of drug-likeness (QED) is 0.316. The van der Waals surface area contributed by atoms with Gasteiger partial charge in [0.15, 0.2) is 5.96 Å².